The van der Waals surface area contributed by atoms with E-state index in [0.717, 1.165) is 5.56 Å². The number of pyridine rings is 2. The van der Waals surface area contributed by atoms with Crippen LogP contribution >= 0.6 is 11.6 Å². The molecule has 1 amide bonds. The lowest BCUT2D eigenvalue weighted by Gasteiger charge is -2.44. The van der Waals surface area contributed by atoms with Crippen molar-refractivity contribution in [2.75, 3.05) is 18.0 Å². The second-order valence-corrected chi connectivity index (χ2v) is 11.3. The summed E-state index contributed by atoms with van der Waals surface area (Å²) in [4.78, 5) is 44.1. The van der Waals surface area contributed by atoms with Crippen molar-refractivity contribution < 1.29 is 14.3 Å². The van der Waals surface area contributed by atoms with Gasteiger partial charge >= 0.3 is 5.69 Å². The Morgan fingerprint density at radius 3 is 2.60 bits per heavy atom. The van der Waals surface area contributed by atoms with Gasteiger partial charge in [-0.05, 0) is 62.6 Å². The van der Waals surface area contributed by atoms with E-state index in [1.54, 1.807) is 23.2 Å². The Balaban J connectivity index is 1.85. The molecule has 5 rings (SSSR count). The first-order valence-electron chi connectivity index (χ1n) is 13.7. The number of fused-ring (bicyclic) bond motifs is 1. The lowest BCUT2D eigenvalue weighted by molar-refractivity contribution is -0.128. The van der Waals surface area contributed by atoms with Crippen molar-refractivity contribution in [3.8, 4) is 22.7 Å². The summed E-state index contributed by atoms with van der Waals surface area (Å²) in [6.07, 6.45) is 2.98. The van der Waals surface area contributed by atoms with E-state index in [1.807, 2.05) is 39.5 Å². The summed E-state index contributed by atoms with van der Waals surface area (Å²) in [6, 6.07) is 6.93. The topological polar surface area (TPSA) is 104 Å². The van der Waals surface area contributed by atoms with Crippen molar-refractivity contribution in [2.45, 2.75) is 52.6 Å². The molecule has 218 valence electrons. The fourth-order valence-corrected chi connectivity index (χ4v) is 5.83. The smallest absolute Gasteiger partial charge is 0.355 e. The van der Waals surface area contributed by atoms with E-state index in [0.29, 0.717) is 35.7 Å². The highest BCUT2D eigenvalue weighted by Gasteiger charge is 2.34. The summed E-state index contributed by atoms with van der Waals surface area (Å²) < 4.78 is 16.4. The predicted molar refractivity (Wildman–Crippen MR) is 162 cm³/mol. The Hall–Kier alpha value is -4.31. The molecule has 0 unspecified atom stereocenters. The minimum Gasteiger partial charge on any atom is -0.507 e. The average molecular weight is 591 g/mol. The van der Waals surface area contributed by atoms with E-state index in [2.05, 4.69) is 16.5 Å². The summed E-state index contributed by atoms with van der Waals surface area (Å²) in [5, 5.41) is 11.1. The largest absolute Gasteiger partial charge is 0.507 e. The van der Waals surface area contributed by atoms with Crippen molar-refractivity contribution in [1.82, 2.24) is 24.4 Å². The highest BCUT2D eigenvalue weighted by molar-refractivity contribution is 6.34. The van der Waals surface area contributed by atoms with Gasteiger partial charge in [-0.1, -0.05) is 38.1 Å². The number of rotatable bonds is 5. The molecule has 0 aliphatic carbocycles. The zero-order valence-electron chi connectivity index (χ0n) is 24.1. The van der Waals surface area contributed by atoms with Gasteiger partial charge in [0.2, 0.25) is 5.91 Å². The van der Waals surface area contributed by atoms with Crippen molar-refractivity contribution in [2.24, 2.45) is 0 Å². The number of amides is 1. The number of anilines is 1. The standard InChI is InChI=1S/C31H32ClFN6O3/c1-7-24(41)37-14-19(6)38(15-18(37)5)29-20-13-21(32)27(25-22(33)9-8-10-23(25)40)35-30(20)39(31(42)36-29)28-17(4)11-12-34-26(28)16(2)3/h7-13,16,18-19,40H,1,14-15H2,2-6H3/t18-,19+/m1/s1. The summed E-state index contributed by atoms with van der Waals surface area (Å²) in [7, 11) is 0. The van der Waals surface area contributed by atoms with E-state index in [4.69, 9.17) is 16.6 Å². The van der Waals surface area contributed by atoms with Gasteiger partial charge in [0.15, 0.2) is 5.65 Å². The quantitative estimate of drug-likeness (QED) is 0.311. The van der Waals surface area contributed by atoms with Gasteiger partial charge in [0, 0.05) is 31.4 Å². The van der Waals surface area contributed by atoms with E-state index >= 15 is 4.39 Å². The lowest BCUT2D eigenvalue weighted by atomic mass is 10.0. The fourth-order valence-electron chi connectivity index (χ4n) is 5.58. The maximum absolute atomic E-state index is 15.1. The molecule has 0 bridgehead atoms. The van der Waals surface area contributed by atoms with Crippen LogP contribution < -0.4 is 10.6 Å². The Morgan fingerprint density at radius 2 is 1.93 bits per heavy atom. The average Bonchev–Trinajstić information content (AvgIpc) is 2.94. The van der Waals surface area contributed by atoms with Crippen LogP contribution in [0.3, 0.4) is 0 Å². The third-order valence-electron chi connectivity index (χ3n) is 7.67. The number of carbonyl (C=O) groups excluding carboxylic acids is 1. The highest BCUT2D eigenvalue weighted by atomic mass is 35.5. The minimum absolute atomic E-state index is 0.0134. The summed E-state index contributed by atoms with van der Waals surface area (Å²) in [5.74, 6) is -0.909. The lowest BCUT2D eigenvalue weighted by Crippen LogP contribution is -2.58. The zero-order chi connectivity index (χ0) is 30.5. The SMILES string of the molecule is C=CC(=O)N1C[C@H](C)N(c2nc(=O)n(-c3c(C)ccnc3C(C)C)c3nc(-c4c(O)cccc4F)c(Cl)cc23)C[C@H]1C. The highest BCUT2D eigenvalue weighted by Crippen LogP contribution is 2.39. The molecule has 1 N–H and O–H groups in total. The molecule has 42 heavy (non-hydrogen) atoms. The molecule has 0 spiro atoms. The number of carbonyl (C=O) groups is 1. The molecule has 2 atom stereocenters. The molecule has 3 aromatic heterocycles. The second-order valence-electron chi connectivity index (χ2n) is 10.9. The van der Waals surface area contributed by atoms with Crippen molar-refractivity contribution in [1.29, 1.82) is 0 Å². The van der Waals surface area contributed by atoms with Gasteiger partial charge in [0.1, 0.15) is 17.4 Å². The summed E-state index contributed by atoms with van der Waals surface area (Å²) in [5.41, 5.74) is 1.37. The third-order valence-corrected chi connectivity index (χ3v) is 7.96. The second kappa shape index (κ2) is 11.2. The summed E-state index contributed by atoms with van der Waals surface area (Å²) >= 11 is 6.74. The number of nitrogens with zero attached hydrogens (tertiary/aromatic N) is 6. The van der Waals surface area contributed by atoms with Gasteiger partial charge < -0.3 is 14.9 Å². The minimum atomic E-state index is -0.710. The number of piperazine rings is 1. The van der Waals surface area contributed by atoms with Gasteiger partial charge in [0.25, 0.3) is 0 Å². The molecule has 0 radical (unpaired) electrons. The van der Waals surface area contributed by atoms with Crippen LogP contribution in [0.1, 0.15) is 44.9 Å². The Bertz CT molecular complexity index is 1770. The van der Waals surface area contributed by atoms with Gasteiger partial charge in [-0.25, -0.2) is 18.7 Å². The number of aromatic hydroxyl groups is 1. The molecule has 1 aromatic carbocycles. The van der Waals surface area contributed by atoms with Gasteiger partial charge in [0.05, 0.1) is 33.0 Å². The molecule has 9 nitrogen and oxygen atoms in total. The molecule has 1 fully saturated rings. The van der Waals surface area contributed by atoms with Crippen LogP contribution in [0.5, 0.6) is 5.75 Å². The number of aromatic nitrogens is 4. The first-order chi connectivity index (χ1) is 19.9. The maximum atomic E-state index is 15.1. The van der Waals surface area contributed by atoms with Crippen LogP contribution in [0.4, 0.5) is 10.2 Å². The summed E-state index contributed by atoms with van der Waals surface area (Å²) in [6.45, 7) is 14.1. The Morgan fingerprint density at radius 1 is 1.19 bits per heavy atom. The number of benzene rings is 1. The van der Waals surface area contributed by atoms with Crippen LogP contribution in [-0.2, 0) is 4.79 Å². The normalized spacial score (nSPS) is 17.2. The van der Waals surface area contributed by atoms with Crippen LogP contribution in [0.25, 0.3) is 28.0 Å². The number of phenolic OH excluding ortho intramolecular Hbond substituents is 1. The fraction of sp³-hybridized carbons (Fsp3) is 0.323. The Labute approximate surface area is 247 Å². The third kappa shape index (κ3) is 4.89. The molecule has 1 saturated heterocycles. The van der Waals surface area contributed by atoms with Gasteiger partial charge in [-0.2, -0.15) is 4.98 Å². The van der Waals surface area contributed by atoms with Crippen molar-refractivity contribution in [3.63, 3.8) is 0 Å². The number of phenols is 1. The molecule has 11 heteroatoms. The van der Waals surface area contributed by atoms with Crippen molar-refractivity contribution >= 4 is 34.4 Å². The van der Waals surface area contributed by atoms with E-state index < -0.39 is 11.5 Å². The number of halogens is 2. The first kappa shape index (κ1) is 29.2. The molecule has 4 aromatic rings. The van der Waals surface area contributed by atoms with E-state index in [9.17, 15) is 14.7 Å². The van der Waals surface area contributed by atoms with Gasteiger partial charge in [-0.15, -0.1) is 0 Å². The molecular weight excluding hydrogens is 559 g/mol. The Kier molecular flexibility index (Phi) is 7.76. The maximum Gasteiger partial charge on any atom is 0.355 e. The van der Waals surface area contributed by atoms with Gasteiger partial charge in [-0.3, -0.25) is 9.78 Å². The number of aryl methyl sites for hydroxylation is 1. The molecule has 4 heterocycles. The van der Waals surface area contributed by atoms with Crippen LogP contribution in [-0.4, -0.2) is 60.6 Å². The molecule has 1 aliphatic rings. The molecular formula is C31H32ClFN6O3. The number of hydrogen-bond acceptors (Lipinski definition) is 7. The van der Waals surface area contributed by atoms with Crippen LogP contribution in [0.2, 0.25) is 5.02 Å². The van der Waals surface area contributed by atoms with Crippen molar-refractivity contribution in [3.05, 3.63) is 81.8 Å². The molecule has 1 aliphatic heterocycles. The zero-order valence-corrected chi connectivity index (χ0v) is 24.9. The number of hydrogen-bond donors (Lipinski definition) is 1. The van der Waals surface area contributed by atoms with E-state index in [1.165, 1.54) is 28.8 Å². The first-order valence-corrected chi connectivity index (χ1v) is 14.1. The predicted octanol–water partition coefficient (Wildman–Crippen LogP) is 5.38. The monoisotopic (exact) mass is 590 g/mol. The van der Waals surface area contributed by atoms with E-state index in [-0.39, 0.29) is 51.6 Å². The van der Waals surface area contributed by atoms with Crippen LogP contribution in [0.15, 0.2) is 54.0 Å². The molecule has 0 saturated carbocycles. The van der Waals surface area contributed by atoms with Crippen LogP contribution in [0, 0.1) is 12.7 Å².